The minimum Gasteiger partial charge on any atom is -0.480 e. The van der Waals surface area contributed by atoms with Crippen molar-refractivity contribution in [1.29, 1.82) is 0 Å². The lowest BCUT2D eigenvalue weighted by molar-refractivity contribution is -0.140. The maximum atomic E-state index is 12.7. The van der Waals surface area contributed by atoms with Gasteiger partial charge in [0, 0.05) is 24.8 Å². The normalized spacial score (nSPS) is 17.5. The number of hydrogen-bond donors (Lipinski definition) is 2. The molecule has 1 atom stereocenters. The van der Waals surface area contributed by atoms with E-state index in [2.05, 4.69) is 14.8 Å². The number of nitrogens with zero attached hydrogens (tertiary/aromatic N) is 3. The number of aliphatic carboxylic acids is 1. The van der Waals surface area contributed by atoms with Crippen LogP contribution < -0.4 is 4.72 Å². The number of carboxylic acids is 1. The molecule has 0 saturated carbocycles. The monoisotopic (exact) mass is 396 g/mol. The lowest BCUT2D eigenvalue weighted by Crippen LogP contribution is -2.44. The Morgan fingerprint density at radius 3 is 2.63 bits per heavy atom. The van der Waals surface area contributed by atoms with E-state index in [0.717, 1.165) is 12.8 Å². The molecular weight excluding hydrogens is 372 g/mol. The second-order valence-corrected chi connectivity index (χ2v) is 8.81. The van der Waals surface area contributed by atoms with Crippen LogP contribution in [0.4, 0.5) is 0 Å². The quantitative estimate of drug-likeness (QED) is 0.758. The summed E-state index contributed by atoms with van der Waals surface area (Å²) in [6.07, 6.45) is 2.91. The first-order chi connectivity index (χ1) is 12.7. The predicted octanol–water partition coefficient (Wildman–Crippen LogP) is 1.48. The van der Waals surface area contributed by atoms with Crippen molar-refractivity contribution < 1.29 is 23.1 Å². The first-order valence-electron chi connectivity index (χ1n) is 8.88. The number of sulfonamides is 1. The van der Waals surface area contributed by atoms with Crippen molar-refractivity contribution in [3.05, 3.63) is 18.0 Å². The number of carbonyl (C=O) groups is 1. The molecule has 27 heavy (non-hydrogen) atoms. The van der Waals surface area contributed by atoms with Gasteiger partial charge in [-0.25, -0.2) is 18.1 Å². The summed E-state index contributed by atoms with van der Waals surface area (Å²) in [5, 5.41) is 14.4. The summed E-state index contributed by atoms with van der Waals surface area (Å²) < 4.78 is 34.8. The van der Waals surface area contributed by atoms with E-state index in [0.29, 0.717) is 29.9 Å². The third-order valence-electron chi connectivity index (χ3n) is 4.77. The standard InChI is InChI=1S/C17H24N4O5S/c1-10(2)15(17(22)23)20-27(24,25)13-8-14-11(3)19-21(16(14)18-9-13)12-4-6-26-7-5-12/h8-10,12,15,20H,4-7H2,1-3H3,(H,22,23). The number of hydrogen-bond acceptors (Lipinski definition) is 6. The summed E-state index contributed by atoms with van der Waals surface area (Å²) >= 11 is 0. The van der Waals surface area contributed by atoms with E-state index in [4.69, 9.17) is 4.74 Å². The highest BCUT2D eigenvalue weighted by Gasteiger charge is 2.29. The van der Waals surface area contributed by atoms with Crippen molar-refractivity contribution >= 4 is 27.0 Å². The van der Waals surface area contributed by atoms with Gasteiger partial charge in [0.1, 0.15) is 10.9 Å². The third kappa shape index (κ3) is 3.97. The summed E-state index contributed by atoms with van der Waals surface area (Å²) in [6, 6.07) is 0.458. The zero-order chi connectivity index (χ0) is 19.8. The zero-order valence-electron chi connectivity index (χ0n) is 15.5. The second-order valence-electron chi connectivity index (χ2n) is 7.10. The van der Waals surface area contributed by atoms with Gasteiger partial charge >= 0.3 is 5.97 Å². The van der Waals surface area contributed by atoms with Gasteiger partial charge < -0.3 is 9.84 Å². The Balaban J connectivity index is 1.96. The zero-order valence-corrected chi connectivity index (χ0v) is 16.4. The Bertz CT molecular complexity index is 948. The molecule has 2 aromatic rings. The average molecular weight is 396 g/mol. The van der Waals surface area contributed by atoms with Crippen molar-refractivity contribution in [3.8, 4) is 0 Å². The summed E-state index contributed by atoms with van der Waals surface area (Å²) in [6.45, 7) is 6.41. The molecule has 2 N–H and O–H groups in total. The first kappa shape index (κ1) is 19.7. The molecule has 148 valence electrons. The van der Waals surface area contributed by atoms with Crippen LogP contribution in [0.15, 0.2) is 17.2 Å². The highest BCUT2D eigenvalue weighted by molar-refractivity contribution is 7.89. The van der Waals surface area contributed by atoms with Gasteiger partial charge in [0.05, 0.1) is 11.7 Å². The van der Waals surface area contributed by atoms with E-state index in [1.807, 2.05) is 4.68 Å². The fourth-order valence-electron chi connectivity index (χ4n) is 3.19. The van der Waals surface area contributed by atoms with Crippen LogP contribution in [-0.2, 0) is 19.6 Å². The fourth-order valence-corrected chi connectivity index (χ4v) is 4.50. The van der Waals surface area contributed by atoms with Crippen molar-refractivity contribution in [1.82, 2.24) is 19.5 Å². The summed E-state index contributed by atoms with van der Waals surface area (Å²) in [7, 11) is -4.02. The Labute approximate surface area is 157 Å². The van der Waals surface area contributed by atoms with E-state index in [1.54, 1.807) is 20.8 Å². The Hall–Kier alpha value is -2.04. The minimum absolute atomic E-state index is 0.0727. The smallest absolute Gasteiger partial charge is 0.322 e. The largest absolute Gasteiger partial charge is 0.480 e. The van der Waals surface area contributed by atoms with Gasteiger partial charge in [-0.3, -0.25) is 4.79 Å². The van der Waals surface area contributed by atoms with Gasteiger partial charge in [-0.15, -0.1) is 0 Å². The molecule has 3 rings (SSSR count). The molecule has 0 aliphatic carbocycles. The second kappa shape index (κ2) is 7.53. The van der Waals surface area contributed by atoms with E-state index in [-0.39, 0.29) is 10.9 Å². The third-order valence-corrected chi connectivity index (χ3v) is 6.18. The van der Waals surface area contributed by atoms with Crippen LogP contribution in [0.5, 0.6) is 0 Å². The van der Waals surface area contributed by atoms with Crippen LogP contribution in [0.1, 0.15) is 38.4 Å². The number of carboxylic acid groups (broad SMARTS) is 1. The van der Waals surface area contributed by atoms with Crippen LogP contribution >= 0.6 is 0 Å². The highest BCUT2D eigenvalue weighted by Crippen LogP contribution is 2.27. The maximum Gasteiger partial charge on any atom is 0.322 e. The molecule has 1 unspecified atom stereocenters. The van der Waals surface area contributed by atoms with Crippen LogP contribution in [0.3, 0.4) is 0 Å². The molecule has 1 fully saturated rings. The molecular formula is C17H24N4O5S. The number of pyridine rings is 1. The Kier molecular flexibility index (Phi) is 5.50. The lowest BCUT2D eigenvalue weighted by Gasteiger charge is -2.22. The van der Waals surface area contributed by atoms with Gasteiger partial charge in [0.25, 0.3) is 0 Å². The molecule has 10 heteroatoms. The SMILES string of the molecule is Cc1nn(C2CCOCC2)c2ncc(S(=O)(=O)NC(C(=O)O)C(C)C)cc12. The average Bonchev–Trinajstić information content (AvgIpc) is 2.96. The molecule has 1 aliphatic heterocycles. The molecule has 3 heterocycles. The molecule has 9 nitrogen and oxygen atoms in total. The van der Waals surface area contributed by atoms with Gasteiger partial charge in [-0.1, -0.05) is 13.8 Å². The predicted molar refractivity (Wildman–Crippen MR) is 97.9 cm³/mol. The molecule has 0 radical (unpaired) electrons. The van der Waals surface area contributed by atoms with Crippen LogP contribution in [0.25, 0.3) is 11.0 Å². The molecule has 0 bridgehead atoms. The highest BCUT2D eigenvalue weighted by atomic mass is 32.2. The van der Waals surface area contributed by atoms with Crippen molar-refractivity contribution in [3.63, 3.8) is 0 Å². The first-order valence-corrected chi connectivity index (χ1v) is 10.4. The van der Waals surface area contributed by atoms with Crippen molar-refractivity contribution in [2.75, 3.05) is 13.2 Å². The summed E-state index contributed by atoms with van der Waals surface area (Å²) in [4.78, 5) is 15.6. The van der Waals surface area contributed by atoms with Crippen LogP contribution in [-0.4, -0.2) is 53.5 Å². The number of aromatic nitrogens is 3. The van der Waals surface area contributed by atoms with Gasteiger partial charge in [0.15, 0.2) is 5.65 Å². The summed E-state index contributed by atoms with van der Waals surface area (Å²) in [5.74, 6) is -1.61. The Morgan fingerprint density at radius 1 is 1.37 bits per heavy atom. The minimum atomic E-state index is -4.02. The van der Waals surface area contributed by atoms with Crippen molar-refractivity contribution in [2.45, 2.75) is 50.6 Å². The number of aryl methyl sites for hydroxylation is 1. The van der Waals surface area contributed by atoms with Crippen LogP contribution in [0, 0.1) is 12.8 Å². The Morgan fingerprint density at radius 2 is 2.04 bits per heavy atom. The molecule has 2 aromatic heterocycles. The fraction of sp³-hybridized carbons (Fsp3) is 0.588. The molecule has 0 amide bonds. The number of nitrogens with one attached hydrogen (secondary N) is 1. The van der Waals surface area contributed by atoms with Gasteiger partial charge in [0.2, 0.25) is 10.0 Å². The number of rotatable bonds is 6. The van der Waals surface area contributed by atoms with Gasteiger partial charge in [-0.2, -0.15) is 9.82 Å². The van der Waals surface area contributed by atoms with Crippen molar-refractivity contribution in [2.24, 2.45) is 5.92 Å². The lowest BCUT2D eigenvalue weighted by atomic mass is 10.1. The summed E-state index contributed by atoms with van der Waals surface area (Å²) in [5.41, 5.74) is 1.30. The molecule has 1 aliphatic rings. The van der Waals surface area contributed by atoms with Crippen LogP contribution in [0.2, 0.25) is 0 Å². The molecule has 1 saturated heterocycles. The van der Waals surface area contributed by atoms with E-state index in [1.165, 1.54) is 12.3 Å². The van der Waals surface area contributed by atoms with E-state index in [9.17, 15) is 18.3 Å². The van der Waals surface area contributed by atoms with E-state index >= 15 is 0 Å². The molecule has 0 aromatic carbocycles. The van der Waals surface area contributed by atoms with E-state index < -0.39 is 28.0 Å². The number of ether oxygens (including phenoxy) is 1. The molecule has 0 spiro atoms. The number of fused-ring (bicyclic) bond motifs is 1. The maximum absolute atomic E-state index is 12.7. The topological polar surface area (TPSA) is 123 Å². The van der Waals surface area contributed by atoms with Gasteiger partial charge in [-0.05, 0) is 31.7 Å².